The van der Waals surface area contributed by atoms with Crippen LogP contribution in [0.3, 0.4) is 0 Å². The van der Waals surface area contributed by atoms with Gasteiger partial charge in [0.05, 0.1) is 18.1 Å². The zero-order valence-corrected chi connectivity index (χ0v) is 12.3. The molecule has 2 aromatic rings. The molecule has 0 radical (unpaired) electrons. The lowest BCUT2D eigenvalue weighted by Gasteiger charge is -2.08. The van der Waals surface area contributed by atoms with Crippen molar-refractivity contribution in [1.29, 1.82) is 0 Å². The third-order valence-corrected chi connectivity index (χ3v) is 4.23. The summed E-state index contributed by atoms with van der Waals surface area (Å²) in [6.45, 7) is 4.69. The van der Waals surface area contributed by atoms with Crippen molar-refractivity contribution in [3.05, 3.63) is 21.8 Å². The largest absolute Gasteiger partial charge is 0.378 e. The fourth-order valence-electron chi connectivity index (χ4n) is 1.53. The molecule has 0 unspecified atom stereocenters. The monoisotopic (exact) mass is 284 g/mol. The zero-order chi connectivity index (χ0) is 13.1. The minimum atomic E-state index is 0.0218. The maximum absolute atomic E-state index is 12.0. The number of rotatable bonds is 5. The van der Waals surface area contributed by atoms with Gasteiger partial charge in [0.1, 0.15) is 4.83 Å². The van der Waals surface area contributed by atoms with E-state index in [0.29, 0.717) is 12.0 Å². The number of fused-ring (bicyclic) bond motifs is 1. The Bertz CT molecular complexity index is 589. The maximum Gasteiger partial charge on any atom is 0.262 e. The van der Waals surface area contributed by atoms with E-state index in [9.17, 15) is 4.79 Å². The van der Waals surface area contributed by atoms with Crippen LogP contribution in [-0.4, -0.2) is 28.0 Å². The van der Waals surface area contributed by atoms with Crippen LogP contribution >= 0.6 is 23.1 Å². The lowest BCUT2D eigenvalue weighted by Crippen LogP contribution is -2.19. The van der Waals surface area contributed by atoms with Crippen LogP contribution < -0.4 is 5.56 Å². The molecule has 0 saturated carbocycles. The number of aromatic nitrogens is 2. The second kappa shape index (κ2) is 5.86. The summed E-state index contributed by atoms with van der Waals surface area (Å²) in [6.07, 6.45) is 0.238. The highest BCUT2D eigenvalue weighted by molar-refractivity contribution is 7.99. The Morgan fingerprint density at radius 3 is 3.06 bits per heavy atom. The maximum atomic E-state index is 12.0. The summed E-state index contributed by atoms with van der Waals surface area (Å²) in [5, 5.41) is 3.35. The normalized spacial score (nSPS) is 11.6. The predicted octanol–water partition coefficient (Wildman–Crippen LogP) is 2.51. The van der Waals surface area contributed by atoms with Gasteiger partial charge in [-0.3, -0.25) is 9.36 Å². The Hall–Kier alpha value is -0.850. The van der Waals surface area contributed by atoms with Crippen molar-refractivity contribution in [2.75, 3.05) is 12.4 Å². The van der Waals surface area contributed by atoms with Crippen molar-refractivity contribution >= 4 is 33.3 Å². The molecule has 0 amide bonds. The lowest BCUT2D eigenvalue weighted by atomic mass is 10.4. The fourth-order valence-corrected chi connectivity index (χ4v) is 3.13. The SMILES string of the molecule is CC(C)OCCSc1nc2sccc2c(=O)n1C. The molecule has 2 heterocycles. The molecule has 0 aliphatic heterocycles. The molecule has 2 aromatic heterocycles. The van der Waals surface area contributed by atoms with E-state index >= 15 is 0 Å². The van der Waals surface area contributed by atoms with Crippen LogP contribution in [0.2, 0.25) is 0 Å². The van der Waals surface area contributed by atoms with E-state index in [1.165, 1.54) is 11.3 Å². The zero-order valence-electron chi connectivity index (χ0n) is 10.7. The van der Waals surface area contributed by atoms with Gasteiger partial charge in [0, 0.05) is 12.8 Å². The molecule has 0 fully saturated rings. The Morgan fingerprint density at radius 1 is 1.56 bits per heavy atom. The molecule has 0 atom stereocenters. The molecule has 98 valence electrons. The predicted molar refractivity (Wildman–Crippen MR) is 76.7 cm³/mol. The summed E-state index contributed by atoms with van der Waals surface area (Å²) in [7, 11) is 1.76. The molecule has 0 aliphatic rings. The molecule has 2 rings (SSSR count). The molecular formula is C12H16N2O2S2. The standard InChI is InChI=1S/C12H16N2O2S2/c1-8(2)16-5-7-18-12-13-10-9(4-6-17-10)11(15)14(12)3/h4,6,8H,5,7H2,1-3H3. The van der Waals surface area contributed by atoms with Crippen molar-refractivity contribution in [3.63, 3.8) is 0 Å². The molecule has 6 heteroatoms. The highest BCUT2D eigenvalue weighted by atomic mass is 32.2. The van der Waals surface area contributed by atoms with Crippen molar-refractivity contribution < 1.29 is 4.74 Å². The summed E-state index contributed by atoms with van der Waals surface area (Å²) >= 11 is 3.05. The number of thioether (sulfide) groups is 1. The third-order valence-electron chi connectivity index (χ3n) is 2.43. The first-order chi connectivity index (χ1) is 8.59. The highest BCUT2D eigenvalue weighted by Crippen LogP contribution is 2.20. The molecule has 0 saturated heterocycles. The average Bonchev–Trinajstić information content (AvgIpc) is 2.78. The molecular weight excluding hydrogens is 268 g/mol. The summed E-state index contributed by atoms with van der Waals surface area (Å²) in [4.78, 5) is 17.3. The van der Waals surface area contributed by atoms with Crippen LogP contribution in [0, 0.1) is 0 Å². The first kappa shape index (κ1) is 13.6. The van der Waals surface area contributed by atoms with E-state index in [4.69, 9.17) is 4.74 Å². The van der Waals surface area contributed by atoms with Crippen molar-refractivity contribution in [1.82, 2.24) is 9.55 Å². The van der Waals surface area contributed by atoms with Crippen LogP contribution in [0.5, 0.6) is 0 Å². The van der Waals surface area contributed by atoms with E-state index in [0.717, 1.165) is 15.7 Å². The van der Waals surface area contributed by atoms with E-state index in [-0.39, 0.29) is 11.7 Å². The number of thiophene rings is 1. The van der Waals surface area contributed by atoms with Crippen LogP contribution in [0.1, 0.15) is 13.8 Å². The quantitative estimate of drug-likeness (QED) is 0.481. The summed E-state index contributed by atoms with van der Waals surface area (Å²) in [5.74, 6) is 0.801. The smallest absolute Gasteiger partial charge is 0.262 e. The van der Waals surface area contributed by atoms with Crippen LogP contribution in [-0.2, 0) is 11.8 Å². The molecule has 0 aromatic carbocycles. The van der Waals surface area contributed by atoms with Gasteiger partial charge in [0.15, 0.2) is 5.16 Å². The molecule has 0 bridgehead atoms. The number of nitrogens with zero attached hydrogens (tertiary/aromatic N) is 2. The Labute approximate surface area is 114 Å². The molecule has 4 nitrogen and oxygen atoms in total. The third kappa shape index (κ3) is 2.93. The van der Waals surface area contributed by atoms with Crippen molar-refractivity contribution in [2.24, 2.45) is 7.05 Å². The number of ether oxygens (including phenoxy) is 1. The van der Waals surface area contributed by atoms with Crippen molar-refractivity contribution in [3.8, 4) is 0 Å². The topological polar surface area (TPSA) is 44.1 Å². The molecule has 0 N–H and O–H groups in total. The number of hydrogen-bond acceptors (Lipinski definition) is 5. The fraction of sp³-hybridized carbons (Fsp3) is 0.500. The lowest BCUT2D eigenvalue weighted by molar-refractivity contribution is 0.0920. The summed E-state index contributed by atoms with van der Waals surface area (Å²) in [5.41, 5.74) is 0.0218. The van der Waals surface area contributed by atoms with Gasteiger partial charge in [-0.2, -0.15) is 0 Å². The van der Waals surface area contributed by atoms with Crippen LogP contribution in [0.15, 0.2) is 21.4 Å². The van der Waals surface area contributed by atoms with E-state index in [1.54, 1.807) is 23.4 Å². The van der Waals surface area contributed by atoms with Gasteiger partial charge in [-0.05, 0) is 25.3 Å². The van der Waals surface area contributed by atoms with Gasteiger partial charge in [-0.1, -0.05) is 11.8 Å². The van der Waals surface area contributed by atoms with Gasteiger partial charge in [0.2, 0.25) is 0 Å². The Kier molecular flexibility index (Phi) is 4.42. The van der Waals surface area contributed by atoms with Crippen LogP contribution in [0.4, 0.5) is 0 Å². The van der Waals surface area contributed by atoms with E-state index in [1.807, 2.05) is 25.3 Å². The van der Waals surface area contributed by atoms with E-state index < -0.39 is 0 Å². The Balaban J connectivity index is 2.13. The average molecular weight is 284 g/mol. The second-order valence-corrected chi connectivity index (χ2v) is 6.12. The van der Waals surface area contributed by atoms with Gasteiger partial charge < -0.3 is 4.74 Å². The van der Waals surface area contributed by atoms with Gasteiger partial charge >= 0.3 is 0 Å². The highest BCUT2D eigenvalue weighted by Gasteiger charge is 2.09. The molecule has 0 aliphatic carbocycles. The molecule has 0 spiro atoms. The van der Waals surface area contributed by atoms with Crippen molar-refractivity contribution in [2.45, 2.75) is 25.1 Å². The second-order valence-electron chi connectivity index (χ2n) is 4.17. The number of hydrogen-bond donors (Lipinski definition) is 0. The van der Waals surface area contributed by atoms with Gasteiger partial charge in [-0.25, -0.2) is 4.98 Å². The summed E-state index contributed by atoms with van der Waals surface area (Å²) < 4.78 is 7.08. The minimum Gasteiger partial charge on any atom is -0.378 e. The first-order valence-electron chi connectivity index (χ1n) is 5.78. The van der Waals surface area contributed by atoms with E-state index in [2.05, 4.69) is 4.98 Å². The summed E-state index contributed by atoms with van der Waals surface area (Å²) in [6, 6.07) is 1.83. The van der Waals surface area contributed by atoms with Gasteiger partial charge in [-0.15, -0.1) is 11.3 Å². The van der Waals surface area contributed by atoms with Crippen LogP contribution in [0.25, 0.3) is 10.2 Å². The molecule has 18 heavy (non-hydrogen) atoms. The Morgan fingerprint density at radius 2 is 2.33 bits per heavy atom. The minimum absolute atomic E-state index is 0.0218. The first-order valence-corrected chi connectivity index (χ1v) is 7.64. The van der Waals surface area contributed by atoms with Gasteiger partial charge in [0.25, 0.3) is 5.56 Å².